The maximum atomic E-state index is 12.9. The molecule has 0 atom stereocenters. The molecule has 0 spiro atoms. The highest BCUT2D eigenvalue weighted by atomic mass is 127. The minimum Gasteiger partial charge on any atom is -0.491 e. The summed E-state index contributed by atoms with van der Waals surface area (Å²) in [6.45, 7) is 2.08. The van der Waals surface area contributed by atoms with Crippen LogP contribution in [0.4, 0.5) is 13.2 Å². The molecule has 0 saturated heterocycles. The van der Waals surface area contributed by atoms with Gasteiger partial charge in [0, 0.05) is 18.1 Å². The third-order valence-electron chi connectivity index (χ3n) is 2.95. The Morgan fingerprint density at radius 3 is 2.73 bits per heavy atom. The third-order valence-corrected chi connectivity index (χ3v) is 3.44. The fraction of sp³-hybridized carbons (Fsp3) is 0.462. The van der Waals surface area contributed by atoms with Crippen LogP contribution < -0.4 is 10.1 Å². The normalized spacial score (nSPS) is 14.4. The number of rotatable bonds is 4. The smallest absolute Gasteiger partial charge is 0.420 e. The van der Waals surface area contributed by atoms with Gasteiger partial charge >= 0.3 is 6.18 Å². The third kappa shape index (κ3) is 5.18. The zero-order valence-corrected chi connectivity index (χ0v) is 15.7. The molecule has 0 aliphatic carbocycles. The van der Waals surface area contributed by atoms with Crippen LogP contribution in [0.15, 0.2) is 27.7 Å². The quantitative estimate of drug-likeness (QED) is 0.516. The van der Waals surface area contributed by atoms with E-state index >= 15 is 0 Å². The van der Waals surface area contributed by atoms with E-state index in [9.17, 15) is 13.2 Å². The zero-order chi connectivity index (χ0) is 15.5. The Kier molecular flexibility index (Phi) is 7.23. The topological polar surface area (TPSA) is 36.9 Å². The molecule has 1 N–H and O–H groups in total. The number of hydrogen-bond acceptors (Lipinski definition) is 4. The van der Waals surface area contributed by atoms with E-state index < -0.39 is 11.7 Å². The summed E-state index contributed by atoms with van der Waals surface area (Å²) in [4.78, 5) is 6.16. The van der Waals surface area contributed by atoms with Gasteiger partial charge in [0.05, 0.1) is 18.7 Å². The Morgan fingerprint density at radius 2 is 2.14 bits per heavy atom. The zero-order valence-electron chi connectivity index (χ0n) is 11.8. The second kappa shape index (κ2) is 8.23. The summed E-state index contributed by atoms with van der Waals surface area (Å²) in [5.74, 6) is 0.569. The van der Waals surface area contributed by atoms with Crippen LogP contribution in [0.2, 0.25) is 0 Å². The number of aliphatic imine (C=N–C) groups is 1. The number of hydrogen-bond donors (Lipinski definition) is 1. The Labute approximate surface area is 152 Å². The fourth-order valence-electron chi connectivity index (χ4n) is 1.90. The lowest BCUT2D eigenvalue weighted by Crippen LogP contribution is -2.37. The molecule has 0 amide bonds. The number of benzene rings is 1. The summed E-state index contributed by atoms with van der Waals surface area (Å²) in [7, 11) is 1.90. The van der Waals surface area contributed by atoms with Gasteiger partial charge in [-0.05, 0) is 18.2 Å². The number of guanidine groups is 1. The lowest BCUT2D eigenvalue weighted by atomic mass is 10.2. The van der Waals surface area contributed by atoms with E-state index in [1.165, 1.54) is 12.1 Å². The first-order valence-electron chi connectivity index (χ1n) is 6.37. The van der Waals surface area contributed by atoms with Crippen LogP contribution in [0.3, 0.4) is 0 Å². The van der Waals surface area contributed by atoms with Crippen LogP contribution in [0.1, 0.15) is 5.56 Å². The Morgan fingerprint density at radius 1 is 1.41 bits per heavy atom. The fourth-order valence-corrected chi connectivity index (χ4v) is 2.26. The molecule has 0 bridgehead atoms. The van der Waals surface area contributed by atoms with Crippen LogP contribution in [-0.4, -0.2) is 44.1 Å². The maximum absolute atomic E-state index is 12.9. The minimum absolute atomic E-state index is 0. The van der Waals surface area contributed by atoms with E-state index in [-0.39, 0.29) is 36.3 Å². The first kappa shape index (κ1) is 19.3. The lowest BCUT2D eigenvalue weighted by molar-refractivity contribution is -0.139. The van der Waals surface area contributed by atoms with Gasteiger partial charge in [-0.15, -0.1) is 24.0 Å². The van der Waals surface area contributed by atoms with Crippen LogP contribution in [-0.2, 0) is 6.18 Å². The SMILES string of the molecule is CN1CCN=C1NCCOc1ccc(Br)cc1C(F)(F)F.I. The molecule has 1 heterocycles. The van der Waals surface area contributed by atoms with E-state index in [1.807, 2.05) is 11.9 Å². The van der Waals surface area contributed by atoms with Crippen LogP contribution in [0.5, 0.6) is 5.75 Å². The molecule has 124 valence electrons. The summed E-state index contributed by atoms with van der Waals surface area (Å²) in [5, 5.41) is 3.03. The largest absolute Gasteiger partial charge is 0.491 e. The van der Waals surface area contributed by atoms with Crippen molar-refractivity contribution in [3.63, 3.8) is 0 Å². The van der Waals surface area contributed by atoms with Crippen molar-refractivity contribution in [1.29, 1.82) is 0 Å². The predicted molar refractivity (Wildman–Crippen MR) is 93.0 cm³/mol. The van der Waals surface area contributed by atoms with Crippen LogP contribution >= 0.6 is 39.9 Å². The average molecular weight is 494 g/mol. The van der Waals surface area contributed by atoms with Crippen molar-refractivity contribution in [3.05, 3.63) is 28.2 Å². The molecule has 1 aromatic rings. The van der Waals surface area contributed by atoms with Gasteiger partial charge in [-0.1, -0.05) is 15.9 Å². The van der Waals surface area contributed by atoms with Crippen LogP contribution in [0, 0.1) is 0 Å². The van der Waals surface area contributed by atoms with Gasteiger partial charge in [0.2, 0.25) is 0 Å². The highest BCUT2D eigenvalue weighted by Gasteiger charge is 2.34. The Balaban J connectivity index is 0.00000242. The van der Waals surface area contributed by atoms with Gasteiger partial charge in [0.15, 0.2) is 5.96 Å². The maximum Gasteiger partial charge on any atom is 0.420 e. The van der Waals surface area contributed by atoms with Gasteiger partial charge in [-0.25, -0.2) is 0 Å². The van der Waals surface area contributed by atoms with E-state index in [4.69, 9.17) is 4.74 Å². The van der Waals surface area contributed by atoms with Gasteiger partial charge in [-0.3, -0.25) is 4.99 Å². The standard InChI is InChI=1S/C13H15BrF3N3O.HI/c1-20-6-4-18-12(20)19-5-7-21-11-3-2-9(14)8-10(11)13(15,16)17;/h2-3,8H,4-7H2,1H3,(H,18,19);1H. The molecule has 1 aliphatic rings. The van der Waals surface area contributed by atoms with Crippen molar-refractivity contribution in [2.45, 2.75) is 6.18 Å². The van der Waals surface area contributed by atoms with E-state index in [0.29, 0.717) is 11.0 Å². The van der Waals surface area contributed by atoms with Gasteiger partial charge in [0.25, 0.3) is 0 Å². The summed E-state index contributed by atoms with van der Waals surface area (Å²) in [6.07, 6.45) is -4.44. The second-order valence-corrected chi connectivity index (χ2v) is 5.46. The van der Waals surface area contributed by atoms with Crippen molar-refractivity contribution in [3.8, 4) is 5.75 Å². The number of nitrogens with zero attached hydrogens (tertiary/aromatic N) is 2. The molecular weight excluding hydrogens is 478 g/mol. The number of likely N-dealkylation sites (N-methyl/N-ethyl adjacent to an activating group) is 1. The van der Waals surface area contributed by atoms with E-state index in [2.05, 4.69) is 26.2 Å². The summed E-state index contributed by atoms with van der Waals surface area (Å²) in [6, 6.07) is 3.84. The average Bonchev–Trinajstić information content (AvgIpc) is 2.80. The van der Waals surface area contributed by atoms with E-state index in [1.54, 1.807) is 0 Å². The highest BCUT2D eigenvalue weighted by Crippen LogP contribution is 2.37. The molecule has 0 unspecified atom stereocenters. The highest BCUT2D eigenvalue weighted by molar-refractivity contribution is 14.0. The summed E-state index contributed by atoms with van der Waals surface area (Å²) < 4.78 is 44.3. The summed E-state index contributed by atoms with van der Waals surface area (Å²) in [5.41, 5.74) is -0.785. The van der Waals surface area contributed by atoms with Crippen molar-refractivity contribution in [1.82, 2.24) is 10.2 Å². The Bertz CT molecular complexity index is 540. The van der Waals surface area contributed by atoms with Crippen LogP contribution in [0.25, 0.3) is 0 Å². The molecule has 0 radical (unpaired) electrons. The predicted octanol–water partition coefficient (Wildman–Crippen LogP) is 3.36. The molecule has 0 aromatic heterocycles. The number of ether oxygens (including phenoxy) is 1. The number of nitrogens with one attached hydrogen (secondary N) is 1. The molecule has 1 aliphatic heterocycles. The van der Waals surface area contributed by atoms with Gasteiger partial charge in [-0.2, -0.15) is 13.2 Å². The van der Waals surface area contributed by atoms with Gasteiger partial charge in [0.1, 0.15) is 12.4 Å². The monoisotopic (exact) mass is 493 g/mol. The second-order valence-electron chi connectivity index (χ2n) is 4.54. The molecule has 22 heavy (non-hydrogen) atoms. The first-order chi connectivity index (χ1) is 9.88. The van der Waals surface area contributed by atoms with Crippen molar-refractivity contribution in [2.75, 3.05) is 33.3 Å². The molecule has 2 rings (SSSR count). The Hall–Kier alpha value is -0.710. The van der Waals surface area contributed by atoms with E-state index in [0.717, 1.165) is 25.1 Å². The lowest BCUT2D eigenvalue weighted by Gasteiger charge is -2.17. The first-order valence-corrected chi connectivity index (χ1v) is 7.16. The molecule has 9 heteroatoms. The van der Waals surface area contributed by atoms with Crippen molar-refractivity contribution in [2.24, 2.45) is 4.99 Å². The number of halogens is 5. The number of alkyl halides is 3. The van der Waals surface area contributed by atoms with Crippen molar-refractivity contribution < 1.29 is 17.9 Å². The molecule has 1 aromatic carbocycles. The summed E-state index contributed by atoms with van der Waals surface area (Å²) >= 11 is 3.03. The molecular formula is C13H16BrF3IN3O. The van der Waals surface area contributed by atoms with Crippen molar-refractivity contribution >= 4 is 45.9 Å². The minimum atomic E-state index is -4.44. The molecule has 0 saturated carbocycles. The molecule has 4 nitrogen and oxygen atoms in total. The van der Waals surface area contributed by atoms with Gasteiger partial charge < -0.3 is 15.0 Å². The molecule has 0 fully saturated rings.